The van der Waals surface area contributed by atoms with Crippen molar-refractivity contribution in [1.29, 1.82) is 0 Å². The van der Waals surface area contributed by atoms with Gasteiger partial charge in [0.05, 0.1) is 44.8 Å². The van der Waals surface area contributed by atoms with E-state index in [0.29, 0.717) is 0 Å². The van der Waals surface area contributed by atoms with Crippen LogP contribution in [0.3, 0.4) is 0 Å². The molecule has 0 atom stereocenters. The summed E-state index contributed by atoms with van der Waals surface area (Å²) < 4.78 is 10.3. The van der Waals surface area contributed by atoms with Gasteiger partial charge in [0.2, 0.25) is 0 Å². The number of aromatic nitrogens is 2. The van der Waals surface area contributed by atoms with Gasteiger partial charge in [-0.15, -0.1) is 22.7 Å². The molecule has 0 fully saturated rings. The molecule has 0 N–H and O–H groups in total. The molecule has 2 aliphatic rings. The second kappa shape index (κ2) is 21.0. The molecule has 7 heteroatoms. The fourth-order valence-corrected chi connectivity index (χ4v) is 18.9. The Kier molecular flexibility index (Phi) is 12.6. The Hall–Kier alpha value is -10.4. The summed E-state index contributed by atoms with van der Waals surface area (Å²) in [4.78, 5) is 5.53. The Bertz CT molecular complexity index is 6080. The summed E-state index contributed by atoms with van der Waals surface area (Å²) in [6.45, 7) is 21.3. The number of nitrogens with zero attached hydrogens (tertiary/aromatic N) is 4. The van der Waals surface area contributed by atoms with E-state index < -0.39 is 0 Å². The summed E-state index contributed by atoms with van der Waals surface area (Å²) in [6, 6.07) is 103. The van der Waals surface area contributed by atoms with Gasteiger partial charge in [0.25, 0.3) is 6.71 Å². The van der Waals surface area contributed by atoms with Crippen LogP contribution in [-0.2, 0) is 16.2 Å². The van der Waals surface area contributed by atoms with Crippen LogP contribution in [0.1, 0.15) is 79.0 Å². The van der Waals surface area contributed by atoms with E-state index in [-0.39, 0.29) is 23.0 Å². The molecule has 4 aromatic heterocycles. The maximum absolute atomic E-state index is 2.77. The average molecular weight is 1280 g/mol. The van der Waals surface area contributed by atoms with Crippen LogP contribution in [0.2, 0.25) is 0 Å². The number of anilines is 6. The number of hydrogen-bond donors (Lipinski definition) is 0. The summed E-state index contributed by atoms with van der Waals surface area (Å²) in [6.07, 6.45) is 0. The van der Waals surface area contributed by atoms with Crippen LogP contribution in [0.15, 0.2) is 267 Å². The molecule has 0 bridgehead atoms. The molecule has 13 aromatic carbocycles. The van der Waals surface area contributed by atoms with Gasteiger partial charge in [0.15, 0.2) is 0 Å². The number of hydrogen-bond acceptors (Lipinski definition) is 4. The molecule has 0 saturated heterocycles. The number of benzene rings is 13. The fourth-order valence-electron chi connectivity index (χ4n) is 16.5. The highest BCUT2D eigenvalue weighted by molar-refractivity contribution is 7.26. The van der Waals surface area contributed by atoms with Crippen LogP contribution in [0.25, 0.3) is 118 Å². The van der Waals surface area contributed by atoms with Gasteiger partial charge in [-0.1, -0.05) is 250 Å². The molecule has 19 rings (SSSR count). The van der Waals surface area contributed by atoms with Crippen LogP contribution < -0.4 is 26.2 Å². The van der Waals surface area contributed by atoms with Crippen LogP contribution in [-0.4, -0.2) is 15.8 Å². The molecule has 97 heavy (non-hydrogen) atoms. The second-order valence-corrected chi connectivity index (χ2v) is 32.1. The third kappa shape index (κ3) is 8.60. The predicted octanol–water partition coefficient (Wildman–Crippen LogP) is 23.9. The lowest BCUT2D eigenvalue weighted by Gasteiger charge is -2.47. The number of thiophene rings is 2. The Morgan fingerprint density at radius 3 is 1.14 bits per heavy atom. The molecular formula is C90H71BN4S2. The van der Waals surface area contributed by atoms with Crippen molar-refractivity contribution in [2.24, 2.45) is 0 Å². The molecule has 0 spiro atoms. The standard InChI is InChI=1S/C90H71BN4S2/c1-88(2,3)54-46-48-68-76(50-54)94(85-63(62-32-25-45-82-83(62)67-31-15-21-44-81(67)96-82)33-23-41-74(85)92-70-37-16-10-26-57(70)58-27-11-17-38-71(58)92)78-52-56(90(7,8)9)53-79-84(78)91(68)69-49-47-55(89(4,5)6)51-77(69)95(79)86-64(66-36-22-35-65-61-30-14-20-43-80(61)97-87(65)66)34-24-42-75(86)93-72-39-18-12-28-59(72)60-29-13-19-40-73(60)93/h10-53H,1-9H3. The molecule has 0 saturated carbocycles. The van der Waals surface area contributed by atoms with Crippen molar-refractivity contribution in [2.45, 2.75) is 78.6 Å². The highest BCUT2D eigenvalue weighted by atomic mass is 32.1. The first-order chi connectivity index (χ1) is 47.1. The fraction of sp³-hybridized carbons (Fsp3) is 0.133. The Labute approximate surface area is 574 Å². The second-order valence-electron chi connectivity index (χ2n) is 30.0. The lowest BCUT2D eigenvalue weighted by Crippen LogP contribution is -2.61. The van der Waals surface area contributed by atoms with E-state index in [2.05, 4.69) is 348 Å². The summed E-state index contributed by atoms with van der Waals surface area (Å²) in [5.41, 5.74) is 25.7. The molecule has 17 aromatic rings. The topological polar surface area (TPSA) is 16.3 Å². The van der Waals surface area contributed by atoms with Gasteiger partial charge in [-0.3, -0.25) is 0 Å². The van der Waals surface area contributed by atoms with E-state index in [1.807, 2.05) is 22.7 Å². The minimum absolute atomic E-state index is 0.164. The predicted molar refractivity (Wildman–Crippen MR) is 422 cm³/mol. The Balaban J connectivity index is 1.01. The molecular weight excluding hydrogens is 1210 g/mol. The van der Waals surface area contributed by atoms with E-state index in [9.17, 15) is 0 Å². The molecule has 2 aliphatic heterocycles. The molecule has 0 unspecified atom stereocenters. The SMILES string of the molecule is CC(C)(C)c1ccc2c(c1)N(c1c(-c3cccc4c3sc3ccccc34)cccc1-n1c3ccccc3c3ccccc31)c1cc(C(C)(C)C)cc3c1B2c1ccc(C(C)(C)C)cc1N3c1c(-c2cccc3sc4ccccc4c23)cccc1-n1c2ccccc2c2ccccc21. The molecule has 466 valence electrons. The third-order valence-corrected chi connectivity index (χ3v) is 23.5. The van der Waals surface area contributed by atoms with Crippen molar-refractivity contribution < 1.29 is 0 Å². The highest BCUT2D eigenvalue weighted by Gasteiger charge is 2.47. The molecule has 0 amide bonds. The first kappa shape index (κ1) is 58.0. The van der Waals surface area contributed by atoms with E-state index in [0.717, 1.165) is 22.7 Å². The smallest absolute Gasteiger partial charge is 0.252 e. The van der Waals surface area contributed by atoms with Gasteiger partial charge in [0.1, 0.15) is 0 Å². The van der Waals surface area contributed by atoms with Gasteiger partial charge < -0.3 is 18.9 Å². The normalized spacial score (nSPS) is 13.4. The first-order valence-corrected chi connectivity index (χ1v) is 35.8. The van der Waals surface area contributed by atoms with Gasteiger partial charge in [-0.2, -0.15) is 0 Å². The summed E-state index contributed by atoms with van der Waals surface area (Å²) in [5, 5.41) is 10.0. The highest BCUT2D eigenvalue weighted by Crippen LogP contribution is 2.56. The summed E-state index contributed by atoms with van der Waals surface area (Å²) >= 11 is 3.79. The quantitative estimate of drug-likeness (QED) is 0.154. The minimum atomic E-state index is -0.312. The summed E-state index contributed by atoms with van der Waals surface area (Å²) in [7, 11) is 0. The molecule has 0 radical (unpaired) electrons. The van der Waals surface area contributed by atoms with E-state index in [4.69, 9.17) is 0 Å². The van der Waals surface area contributed by atoms with Crippen LogP contribution >= 0.6 is 22.7 Å². The third-order valence-electron chi connectivity index (χ3n) is 21.2. The average Bonchev–Trinajstić information content (AvgIpc) is 1.06. The van der Waals surface area contributed by atoms with Crippen LogP contribution in [0.5, 0.6) is 0 Å². The van der Waals surface area contributed by atoms with Crippen LogP contribution in [0, 0.1) is 0 Å². The maximum atomic E-state index is 2.77. The van der Waals surface area contributed by atoms with Crippen molar-refractivity contribution in [1.82, 2.24) is 9.13 Å². The van der Waals surface area contributed by atoms with Crippen molar-refractivity contribution in [3.63, 3.8) is 0 Å². The maximum Gasteiger partial charge on any atom is 0.252 e. The minimum Gasteiger partial charge on any atom is -0.309 e. The van der Waals surface area contributed by atoms with E-state index in [1.165, 1.54) is 162 Å². The molecule has 4 nitrogen and oxygen atoms in total. The van der Waals surface area contributed by atoms with Gasteiger partial charge in [-0.25, -0.2) is 0 Å². The van der Waals surface area contributed by atoms with Gasteiger partial charge in [0, 0.05) is 101 Å². The number of para-hydroxylation sites is 6. The van der Waals surface area contributed by atoms with Gasteiger partial charge >= 0.3 is 0 Å². The van der Waals surface area contributed by atoms with Crippen molar-refractivity contribution in [3.8, 4) is 33.6 Å². The lowest BCUT2D eigenvalue weighted by molar-refractivity contribution is 0.590. The molecule has 0 aliphatic carbocycles. The summed E-state index contributed by atoms with van der Waals surface area (Å²) in [5.74, 6) is 0. The molecule has 6 heterocycles. The van der Waals surface area contributed by atoms with Crippen LogP contribution in [0.4, 0.5) is 34.1 Å². The van der Waals surface area contributed by atoms with E-state index >= 15 is 0 Å². The largest absolute Gasteiger partial charge is 0.309 e. The van der Waals surface area contributed by atoms with Crippen molar-refractivity contribution >= 4 is 164 Å². The lowest BCUT2D eigenvalue weighted by atomic mass is 9.33. The Morgan fingerprint density at radius 1 is 0.278 bits per heavy atom. The number of rotatable bonds is 6. The van der Waals surface area contributed by atoms with E-state index in [1.54, 1.807) is 0 Å². The number of fused-ring (bicyclic) bond motifs is 16. The van der Waals surface area contributed by atoms with Crippen molar-refractivity contribution in [3.05, 3.63) is 284 Å². The Morgan fingerprint density at radius 2 is 0.649 bits per heavy atom. The zero-order chi connectivity index (χ0) is 65.5. The van der Waals surface area contributed by atoms with Gasteiger partial charge in [-0.05, 0) is 134 Å². The first-order valence-electron chi connectivity index (χ1n) is 34.2. The zero-order valence-corrected chi connectivity index (χ0v) is 57.7. The van der Waals surface area contributed by atoms with Crippen molar-refractivity contribution in [2.75, 3.05) is 9.80 Å². The monoisotopic (exact) mass is 1280 g/mol. The zero-order valence-electron chi connectivity index (χ0n) is 56.1.